The number of nitrogens with zero attached hydrogens (tertiary/aromatic N) is 1. The predicted molar refractivity (Wildman–Crippen MR) is 140 cm³/mol. The molecule has 4 aromatic rings. The monoisotopic (exact) mass is 559 g/mol. The van der Waals surface area contributed by atoms with Gasteiger partial charge in [-0.1, -0.05) is 52.3 Å². The second-order valence-corrected chi connectivity index (χ2v) is 10.4. The molecule has 4 N–H and O–H groups in total. The van der Waals surface area contributed by atoms with Crippen LogP contribution in [0.4, 0.5) is 5.69 Å². The fraction of sp³-hybridized carbons (Fsp3) is 0.179. The summed E-state index contributed by atoms with van der Waals surface area (Å²) in [6.45, 7) is 0. The number of benzene rings is 3. The molecule has 2 aliphatic rings. The summed E-state index contributed by atoms with van der Waals surface area (Å²) in [4.78, 5) is 45.2. The number of hydrogen-bond acceptors (Lipinski definition) is 5. The number of amides is 2. The lowest BCUT2D eigenvalue weighted by atomic mass is 9.76. The fourth-order valence-electron chi connectivity index (χ4n) is 5.88. The topological polar surface area (TPSA) is 123 Å². The Morgan fingerprint density at radius 2 is 1.68 bits per heavy atom. The molecule has 9 heteroatoms. The zero-order chi connectivity index (χ0) is 25.9. The predicted octanol–water partition coefficient (Wildman–Crippen LogP) is 4.15. The molecule has 2 amide bonds. The number of carbonyl (C=O) groups excluding carboxylic acids is 2. The summed E-state index contributed by atoms with van der Waals surface area (Å²) < 4.78 is 0.781. The highest BCUT2D eigenvalue weighted by molar-refractivity contribution is 9.10. The maximum atomic E-state index is 14.0. The molecule has 0 radical (unpaired) electrons. The van der Waals surface area contributed by atoms with Crippen LogP contribution < -0.4 is 10.2 Å². The summed E-state index contributed by atoms with van der Waals surface area (Å²) in [6.07, 6.45) is 1.71. The Hall–Kier alpha value is -3.95. The Morgan fingerprint density at radius 3 is 2.41 bits per heavy atom. The van der Waals surface area contributed by atoms with Crippen molar-refractivity contribution >= 4 is 50.3 Å². The highest BCUT2D eigenvalue weighted by Gasteiger charge is 2.69. The van der Waals surface area contributed by atoms with Crippen molar-refractivity contribution in [3.63, 3.8) is 0 Å². The minimum atomic E-state index is -1.79. The zero-order valence-electron chi connectivity index (χ0n) is 19.4. The molecule has 186 valence electrons. The number of rotatable bonds is 5. The Kier molecular flexibility index (Phi) is 5.43. The second kappa shape index (κ2) is 8.57. The Balaban J connectivity index is 1.52. The van der Waals surface area contributed by atoms with E-state index < -0.39 is 41.2 Å². The average Bonchev–Trinajstić information content (AvgIpc) is 3.53. The van der Waals surface area contributed by atoms with Crippen LogP contribution in [0, 0.1) is 11.8 Å². The number of carboxylic acid groups (broad SMARTS) is 1. The van der Waals surface area contributed by atoms with E-state index in [-0.39, 0.29) is 12.2 Å². The van der Waals surface area contributed by atoms with Crippen LogP contribution in [0.1, 0.15) is 17.2 Å². The van der Waals surface area contributed by atoms with Gasteiger partial charge in [-0.3, -0.25) is 19.7 Å². The van der Waals surface area contributed by atoms with E-state index in [9.17, 15) is 24.6 Å². The first kappa shape index (κ1) is 23.4. The van der Waals surface area contributed by atoms with Gasteiger partial charge < -0.3 is 15.2 Å². The number of aromatic hydroxyl groups is 1. The molecule has 3 heterocycles. The number of halogens is 1. The van der Waals surface area contributed by atoms with Crippen LogP contribution in [0.2, 0.25) is 0 Å². The van der Waals surface area contributed by atoms with Gasteiger partial charge in [-0.05, 0) is 42.0 Å². The lowest BCUT2D eigenvalue weighted by Crippen LogP contribution is -2.57. The highest BCUT2D eigenvalue weighted by atomic mass is 79.9. The zero-order valence-corrected chi connectivity index (χ0v) is 21.0. The van der Waals surface area contributed by atoms with E-state index >= 15 is 0 Å². The van der Waals surface area contributed by atoms with Crippen LogP contribution in [0.3, 0.4) is 0 Å². The van der Waals surface area contributed by atoms with E-state index in [1.54, 1.807) is 48.7 Å². The number of phenolic OH excluding ortho intramolecular Hbond substituents is 1. The molecule has 0 unspecified atom stereocenters. The van der Waals surface area contributed by atoms with Crippen molar-refractivity contribution in [2.24, 2.45) is 11.8 Å². The molecule has 0 spiro atoms. The summed E-state index contributed by atoms with van der Waals surface area (Å²) in [5.74, 6) is -4.60. The van der Waals surface area contributed by atoms with Crippen LogP contribution >= 0.6 is 15.9 Å². The quantitative estimate of drug-likeness (QED) is 0.272. The first-order valence-corrected chi connectivity index (χ1v) is 12.6. The second-order valence-electron chi connectivity index (χ2n) is 9.49. The van der Waals surface area contributed by atoms with Crippen molar-refractivity contribution < 1.29 is 24.6 Å². The number of carbonyl (C=O) groups is 3. The number of hydrogen-bond donors (Lipinski definition) is 4. The van der Waals surface area contributed by atoms with Gasteiger partial charge in [0.1, 0.15) is 11.3 Å². The molecule has 0 bridgehead atoms. The third-order valence-electron chi connectivity index (χ3n) is 7.54. The maximum absolute atomic E-state index is 14.0. The van der Waals surface area contributed by atoms with E-state index in [0.717, 1.165) is 20.3 Å². The summed E-state index contributed by atoms with van der Waals surface area (Å²) in [5.41, 5.74) is 0.507. The van der Waals surface area contributed by atoms with Gasteiger partial charge >= 0.3 is 5.97 Å². The Morgan fingerprint density at radius 1 is 0.973 bits per heavy atom. The van der Waals surface area contributed by atoms with Gasteiger partial charge in [0.25, 0.3) is 0 Å². The molecule has 2 aliphatic heterocycles. The van der Waals surface area contributed by atoms with Crippen molar-refractivity contribution in [3.8, 4) is 5.75 Å². The summed E-state index contributed by atoms with van der Waals surface area (Å²) in [6, 6.07) is 19.9. The molecule has 0 saturated carbocycles. The van der Waals surface area contributed by atoms with Crippen molar-refractivity contribution in [3.05, 3.63) is 94.6 Å². The third-order valence-corrected chi connectivity index (χ3v) is 8.07. The van der Waals surface area contributed by atoms with Gasteiger partial charge in [0.2, 0.25) is 11.8 Å². The number of carboxylic acids is 1. The number of imide groups is 1. The lowest BCUT2D eigenvalue weighted by molar-refractivity contribution is -0.148. The van der Waals surface area contributed by atoms with Crippen LogP contribution in [0.25, 0.3) is 10.9 Å². The number of aromatic amines is 1. The molecule has 8 nitrogen and oxygen atoms in total. The number of nitrogens with one attached hydrogen (secondary N) is 2. The number of para-hydroxylation sites is 2. The number of fused-ring (bicyclic) bond motifs is 2. The van der Waals surface area contributed by atoms with Gasteiger partial charge in [-0.25, -0.2) is 4.90 Å². The van der Waals surface area contributed by atoms with E-state index in [2.05, 4.69) is 26.2 Å². The molecule has 1 aromatic heterocycles. The number of anilines is 1. The van der Waals surface area contributed by atoms with Crippen LogP contribution in [-0.2, 0) is 20.8 Å². The molecule has 2 saturated heterocycles. The third kappa shape index (κ3) is 3.49. The van der Waals surface area contributed by atoms with Gasteiger partial charge in [0.15, 0.2) is 0 Å². The van der Waals surface area contributed by atoms with Gasteiger partial charge in [0.05, 0.1) is 17.5 Å². The van der Waals surface area contributed by atoms with E-state index in [1.165, 1.54) is 6.07 Å². The molecule has 2 fully saturated rings. The minimum Gasteiger partial charge on any atom is -0.508 e. The Labute approximate surface area is 220 Å². The Bertz CT molecular complexity index is 1570. The van der Waals surface area contributed by atoms with Crippen molar-refractivity contribution in [2.45, 2.75) is 18.0 Å². The normalized spacial score (nSPS) is 25.1. The SMILES string of the molecule is O=C1[C@H]2[C@@H](C(=O)N1c1ccc(Br)cc1)[C@](Cc1c[nH]c3ccccc13)(C(=O)O)N[C@H]2c1ccccc1O. The van der Waals surface area contributed by atoms with Crippen molar-refractivity contribution in [1.29, 1.82) is 0 Å². The fourth-order valence-corrected chi connectivity index (χ4v) is 6.14. The lowest BCUT2D eigenvalue weighted by Gasteiger charge is -2.31. The van der Waals surface area contributed by atoms with Crippen LogP contribution in [0.5, 0.6) is 5.75 Å². The number of aromatic nitrogens is 1. The van der Waals surface area contributed by atoms with Gasteiger partial charge in [-0.2, -0.15) is 0 Å². The standard InChI is InChI=1S/C28H22BrN3O5/c29-16-9-11-17(12-10-16)32-25(34)22-23(26(32)35)28(27(36)37,31-24(22)19-6-2-4-8-21(19)33)13-15-14-30-20-7-3-1-5-18(15)20/h1-12,14,22-24,30-31,33H,13H2,(H,36,37)/t22-,23-,24-,28+/m0/s1. The average molecular weight is 560 g/mol. The van der Waals surface area contributed by atoms with E-state index in [1.807, 2.05) is 24.3 Å². The molecule has 37 heavy (non-hydrogen) atoms. The summed E-state index contributed by atoms with van der Waals surface area (Å²) >= 11 is 3.36. The van der Waals surface area contributed by atoms with Gasteiger partial charge in [-0.15, -0.1) is 0 Å². The molecular weight excluding hydrogens is 538 g/mol. The smallest absolute Gasteiger partial charge is 0.325 e. The van der Waals surface area contributed by atoms with Crippen LogP contribution in [0.15, 0.2) is 83.5 Å². The highest BCUT2D eigenvalue weighted by Crippen LogP contribution is 2.52. The minimum absolute atomic E-state index is 0.0369. The summed E-state index contributed by atoms with van der Waals surface area (Å²) in [5, 5.41) is 25.3. The van der Waals surface area contributed by atoms with Crippen LogP contribution in [-0.4, -0.2) is 38.5 Å². The first-order chi connectivity index (χ1) is 17.8. The number of H-pyrrole nitrogens is 1. The van der Waals surface area contributed by atoms with Crippen molar-refractivity contribution in [1.82, 2.24) is 10.3 Å². The first-order valence-electron chi connectivity index (χ1n) is 11.8. The molecule has 0 aliphatic carbocycles. The molecule has 4 atom stereocenters. The molecular formula is C28H22BrN3O5. The van der Waals surface area contributed by atoms with Crippen molar-refractivity contribution in [2.75, 3.05) is 4.90 Å². The molecule has 3 aromatic carbocycles. The van der Waals surface area contributed by atoms with E-state index in [4.69, 9.17) is 0 Å². The van der Waals surface area contributed by atoms with E-state index in [0.29, 0.717) is 16.8 Å². The van der Waals surface area contributed by atoms with Gasteiger partial charge in [0, 0.05) is 39.6 Å². The largest absolute Gasteiger partial charge is 0.508 e. The summed E-state index contributed by atoms with van der Waals surface area (Å²) in [7, 11) is 0. The maximum Gasteiger partial charge on any atom is 0.325 e. The number of phenols is 1. The molecule has 6 rings (SSSR count). The number of aliphatic carboxylic acids is 1.